The number of rotatable bonds is 4. The van der Waals surface area contributed by atoms with E-state index in [-0.39, 0.29) is 5.41 Å². The van der Waals surface area contributed by atoms with E-state index in [4.69, 9.17) is 14.5 Å². The third-order valence-corrected chi connectivity index (χ3v) is 8.19. The Morgan fingerprint density at radius 3 is 2.47 bits per heavy atom. The van der Waals surface area contributed by atoms with Crippen molar-refractivity contribution in [2.45, 2.75) is 31.9 Å². The van der Waals surface area contributed by atoms with Crippen molar-refractivity contribution >= 4 is 39.1 Å². The molecule has 188 valence electrons. The Morgan fingerprint density at radius 2 is 1.61 bits per heavy atom. The Morgan fingerprint density at radius 1 is 0.816 bits per heavy atom. The molecular weight excluding hydrogens is 468 g/mol. The molecule has 4 heteroatoms. The van der Waals surface area contributed by atoms with Gasteiger partial charge in [0.15, 0.2) is 0 Å². The summed E-state index contributed by atoms with van der Waals surface area (Å²) >= 11 is 0. The van der Waals surface area contributed by atoms with Crippen LogP contribution in [0.25, 0.3) is 21.5 Å². The first-order valence-corrected chi connectivity index (χ1v) is 13.2. The lowest BCUT2D eigenvalue weighted by Gasteiger charge is -2.46. The van der Waals surface area contributed by atoms with Gasteiger partial charge in [0.2, 0.25) is 5.72 Å². The van der Waals surface area contributed by atoms with Gasteiger partial charge in [-0.3, -0.25) is 4.99 Å². The molecule has 38 heavy (non-hydrogen) atoms. The summed E-state index contributed by atoms with van der Waals surface area (Å²) in [5, 5.41) is 4.76. The van der Waals surface area contributed by atoms with Gasteiger partial charge in [-0.1, -0.05) is 78.4 Å². The second kappa shape index (κ2) is 8.35. The molecule has 1 spiro atoms. The highest BCUT2D eigenvalue weighted by Crippen LogP contribution is 2.56. The van der Waals surface area contributed by atoms with E-state index in [0.717, 1.165) is 28.3 Å². The number of hydrogen-bond acceptors (Lipinski definition) is 4. The van der Waals surface area contributed by atoms with Crippen LogP contribution in [-0.4, -0.2) is 25.1 Å². The molecule has 5 aromatic carbocycles. The topological polar surface area (TPSA) is 34.1 Å². The maximum absolute atomic E-state index is 7.10. The summed E-state index contributed by atoms with van der Waals surface area (Å²) in [4.78, 5) is 7.48. The summed E-state index contributed by atoms with van der Waals surface area (Å²) in [7, 11) is 0. The predicted octanol–water partition coefficient (Wildman–Crippen LogP) is 7.97. The number of anilines is 1. The van der Waals surface area contributed by atoms with E-state index in [1.54, 1.807) is 0 Å². The third kappa shape index (κ3) is 3.26. The van der Waals surface area contributed by atoms with Crippen LogP contribution in [0.15, 0.2) is 102 Å². The lowest BCUT2D eigenvalue weighted by molar-refractivity contribution is 0.0755. The normalized spacial score (nSPS) is 19.0. The second-order valence-corrected chi connectivity index (χ2v) is 10.8. The Balaban J connectivity index is 1.36. The molecule has 0 N–H and O–H groups in total. The molecule has 0 saturated heterocycles. The zero-order chi connectivity index (χ0) is 25.9. The van der Waals surface area contributed by atoms with Gasteiger partial charge in [0.25, 0.3) is 0 Å². The maximum Gasteiger partial charge on any atom is 0.229 e. The molecule has 0 aromatic heterocycles. The molecule has 2 heterocycles. The van der Waals surface area contributed by atoms with Gasteiger partial charge in [0, 0.05) is 11.1 Å². The predicted molar refractivity (Wildman–Crippen MR) is 156 cm³/mol. The van der Waals surface area contributed by atoms with E-state index in [9.17, 15) is 0 Å². The fourth-order valence-corrected chi connectivity index (χ4v) is 6.28. The van der Waals surface area contributed by atoms with Crippen LogP contribution >= 0.6 is 0 Å². The quantitative estimate of drug-likeness (QED) is 0.252. The van der Waals surface area contributed by atoms with Crippen molar-refractivity contribution in [1.29, 1.82) is 0 Å². The molecule has 1 unspecified atom stereocenters. The van der Waals surface area contributed by atoms with Crippen LogP contribution in [0.3, 0.4) is 0 Å². The summed E-state index contributed by atoms with van der Waals surface area (Å²) in [5.41, 5.74) is 3.38. The molecule has 7 rings (SSSR count). The minimum atomic E-state index is -0.801. The van der Waals surface area contributed by atoms with E-state index in [0.29, 0.717) is 13.2 Å². The second-order valence-electron chi connectivity index (χ2n) is 10.8. The van der Waals surface area contributed by atoms with E-state index < -0.39 is 5.72 Å². The molecule has 5 aromatic rings. The monoisotopic (exact) mass is 498 g/mol. The summed E-state index contributed by atoms with van der Waals surface area (Å²) in [6, 6.07) is 33.7. The summed E-state index contributed by atoms with van der Waals surface area (Å²) < 4.78 is 13.3. The molecule has 0 bridgehead atoms. The smallest absolute Gasteiger partial charge is 0.229 e. The zero-order valence-electron chi connectivity index (χ0n) is 21.9. The fraction of sp³-hybridized carbons (Fsp3) is 0.206. The molecule has 2 aliphatic heterocycles. The maximum atomic E-state index is 7.10. The van der Waals surface area contributed by atoms with Crippen molar-refractivity contribution in [1.82, 2.24) is 0 Å². The number of fused-ring (bicyclic) bond motifs is 6. The Bertz CT molecular complexity index is 1720. The highest BCUT2D eigenvalue weighted by molar-refractivity contribution is 6.02. The van der Waals surface area contributed by atoms with Gasteiger partial charge in [-0.2, -0.15) is 0 Å². The van der Waals surface area contributed by atoms with Crippen LogP contribution in [0.2, 0.25) is 0 Å². The van der Waals surface area contributed by atoms with E-state index in [1.807, 2.05) is 36.5 Å². The van der Waals surface area contributed by atoms with Crippen LogP contribution in [0.1, 0.15) is 25.0 Å². The standard InChI is InChI=1S/C34H30N2O2/c1-23-13-16-28-25(21-23)15-18-30-32(28)35-22-34(38-30)33(2,3)31-27-12-8-7-9-24(27)14-17-29(31)36(34)19-20-37-26-10-5-4-6-11-26/h4-18,21-22H,19-20H2,1-3H3. The van der Waals surface area contributed by atoms with Gasteiger partial charge in [-0.25, -0.2) is 0 Å². The van der Waals surface area contributed by atoms with Crippen molar-refractivity contribution in [2.75, 3.05) is 18.1 Å². The lowest BCUT2D eigenvalue weighted by Crippen LogP contribution is -2.63. The number of para-hydroxylation sites is 1. The summed E-state index contributed by atoms with van der Waals surface area (Å²) in [6.07, 6.45) is 2.03. The van der Waals surface area contributed by atoms with Crippen LogP contribution < -0.4 is 14.4 Å². The molecule has 0 radical (unpaired) electrons. The van der Waals surface area contributed by atoms with Gasteiger partial charge in [0.1, 0.15) is 23.8 Å². The van der Waals surface area contributed by atoms with Gasteiger partial charge >= 0.3 is 0 Å². The Hall–Kier alpha value is -4.31. The molecule has 0 aliphatic carbocycles. The van der Waals surface area contributed by atoms with Crippen molar-refractivity contribution in [2.24, 2.45) is 4.99 Å². The van der Waals surface area contributed by atoms with Crippen molar-refractivity contribution in [3.63, 3.8) is 0 Å². The first-order valence-electron chi connectivity index (χ1n) is 13.2. The van der Waals surface area contributed by atoms with Crippen molar-refractivity contribution in [3.8, 4) is 11.5 Å². The minimum absolute atomic E-state index is 0.390. The third-order valence-electron chi connectivity index (χ3n) is 8.19. The van der Waals surface area contributed by atoms with Crippen LogP contribution in [-0.2, 0) is 5.41 Å². The Kier molecular flexibility index (Phi) is 5.02. The molecule has 2 aliphatic rings. The number of nitrogens with zero attached hydrogens (tertiary/aromatic N) is 2. The number of ether oxygens (including phenoxy) is 2. The fourth-order valence-electron chi connectivity index (χ4n) is 6.28. The lowest BCUT2D eigenvalue weighted by atomic mass is 9.75. The average molecular weight is 499 g/mol. The van der Waals surface area contributed by atoms with Crippen LogP contribution in [0.4, 0.5) is 11.4 Å². The molecular formula is C34H30N2O2. The van der Waals surface area contributed by atoms with Gasteiger partial charge in [-0.15, -0.1) is 0 Å². The number of aliphatic imine (C=N–C) groups is 1. The molecule has 1 atom stereocenters. The zero-order valence-corrected chi connectivity index (χ0v) is 21.9. The van der Waals surface area contributed by atoms with E-state index in [1.165, 1.54) is 27.3 Å². The molecule has 0 amide bonds. The highest BCUT2D eigenvalue weighted by Gasteiger charge is 2.60. The average Bonchev–Trinajstić information content (AvgIpc) is 3.11. The summed E-state index contributed by atoms with van der Waals surface area (Å²) in [5.74, 6) is 1.67. The number of hydrogen-bond donors (Lipinski definition) is 0. The van der Waals surface area contributed by atoms with Crippen LogP contribution in [0.5, 0.6) is 11.5 Å². The Labute approximate surface area is 223 Å². The van der Waals surface area contributed by atoms with E-state index in [2.05, 4.69) is 92.4 Å². The van der Waals surface area contributed by atoms with Gasteiger partial charge < -0.3 is 14.4 Å². The minimum Gasteiger partial charge on any atom is -0.492 e. The highest BCUT2D eigenvalue weighted by atomic mass is 16.5. The molecule has 0 fully saturated rings. The van der Waals surface area contributed by atoms with Crippen molar-refractivity contribution < 1.29 is 9.47 Å². The first kappa shape index (κ1) is 22.9. The number of benzene rings is 5. The first-order chi connectivity index (χ1) is 18.5. The SMILES string of the molecule is Cc1ccc2c3c(ccc2c1)OC1(C=N3)N(CCOc2ccccc2)c2ccc3ccccc3c2C1(C)C. The van der Waals surface area contributed by atoms with Crippen LogP contribution in [0, 0.1) is 6.92 Å². The van der Waals surface area contributed by atoms with Gasteiger partial charge in [0.05, 0.1) is 18.2 Å². The van der Waals surface area contributed by atoms with Crippen molar-refractivity contribution in [3.05, 3.63) is 108 Å². The van der Waals surface area contributed by atoms with E-state index >= 15 is 0 Å². The number of aryl methyl sites for hydroxylation is 1. The van der Waals surface area contributed by atoms with Gasteiger partial charge in [-0.05, 0) is 66.8 Å². The molecule has 4 nitrogen and oxygen atoms in total. The summed E-state index contributed by atoms with van der Waals surface area (Å²) in [6.45, 7) is 7.84. The largest absolute Gasteiger partial charge is 0.492 e. The molecule has 0 saturated carbocycles.